The van der Waals surface area contributed by atoms with Gasteiger partial charge >= 0.3 is 6.01 Å². The van der Waals surface area contributed by atoms with Crippen LogP contribution in [0, 0.1) is 6.92 Å². The number of hydrogen-bond acceptors (Lipinski definition) is 5. The minimum Gasteiger partial charge on any atom is -0.459 e. The van der Waals surface area contributed by atoms with Crippen LogP contribution in [0.2, 0.25) is 15.1 Å². The zero-order valence-corrected chi connectivity index (χ0v) is 16.9. The topological polar surface area (TPSA) is 72.4 Å². The smallest absolute Gasteiger partial charge is 0.316 e. The Morgan fingerprint density at radius 1 is 1.15 bits per heavy atom. The van der Waals surface area contributed by atoms with Crippen LogP contribution in [0.15, 0.2) is 29.4 Å². The van der Waals surface area contributed by atoms with Crippen molar-refractivity contribution in [2.24, 2.45) is 0 Å². The summed E-state index contributed by atoms with van der Waals surface area (Å²) in [5, 5.41) is 0.927. The van der Waals surface area contributed by atoms with Crippen LogP contribution in [0.25, 0.3) is 0 Å². The van der Waals surface area contributed by atoms with Gasteiger partial charge in [-0.15, -0.1) is 0 Å². The summed E-state index contributed by atoms with van der Waals surface area (Å²) in [6.07, 6.45) is 3.86. The minimum absolute atomic E-state index is 0.0458. The Balaban J connectivity index is 1.80. The molecule has 0 bridgehead atoms. The molecule has 0 radical (unpaired) electrons. The summed E-state index contributed by atoms with van der Waals surface area (Å²) in [7, 11) is -3.76. The van der Waals surface area contributed by atoms with E-state index in [1.165, 1.54) is 28.8 Å². The van der Waals surface area contributed by atoms with Crippen LogP contribution < -0.4 is 4.74 Å². The summed E-state index contributed by atoms with van der Waals surface area (Å²) in [5.41, 5.74) is 0.647. The van der Waals surface area contributed by atoms with Crippen molar-refractivity contribution in [1.82, 2.24) is 14.3 Å². The fraction of sp³-hybridized carbons (Fsp3) is 0.375. The van der Waals surface area contributed by atoms with Gasteiger partial charge in [0.05, 0.1) is 29.0 Å². The molecule has 1 unspecified atom stereocenters. The van der Waals surface area contributed by atoms with Crippen molar-refractivity contribution in [3.8, 4) is 6.01 Å². The van der Waals surface area contributed by atoms with Gasteiger partial charge in [0.15, 0.2) is 0 Å². The molecule has 1 atom stereocenters. The third kappa shape index (κ3) is 4.23. The van der Waals surface area contributed by atoms with E-state index in [0.717, 1.165) is 0 Å². The van der Waals surface area contributed by atoms with Crippen molar-refractivity contribution in [2.75, 3.05) is 13.1 Å². The fourth-order valence-electron chi connectivity index (χ4n) is 2.70. The lowest BCUT2D eigenvalue weighted by molar-refractivity contribution is 0.119. The molecular weight excluding hydrogens is 421 g/mol. The first kappa shape index (κ1) is 19.6. The number of hydrogen-bond donors (Lipinski definition) is 0. The maximum atomic E-state index is 13.0. The molecule has 1 aliphatic heterocycles. The number of nitrogens with zero attached hydrogens (tertiary/aromatic N) is 3. The molecule has 0 N–H and O–H groups in total. The Morgan fingerprint density at radius 3 is 2.54 bits per heavy atom. The van der Waals surface area contributed by atoms with Crippen molar-refractivity contribution in [1.29, 1.82) is 0 Å². The molecule has 1 fully saturated rings. The normalized spacial score (nSPS) is 18.7. The number of aromatic nitrogens is 2. The first-order chi connectivity index (χ1) is 12.3. The van der Waals surface area contributed by atoms with Crippen molar-refractivity contribution < 1.29 is 13.2 Å². The highest BCUT2D eigenvalue weighted by atomic mass is 35.5. The number of halogens is 3. The monoisotopic (exact) mass is 435 g/mol. The molecule has 1 aromatic heterocycles. The van der Waals surface area contributed by atoms with Gasteiger partial charge in [-0.2, -0.15) is 4.31 Å². The zero-order valence-electron chi connectivity index (χ0n) is 13.8. The van der Waals surface area contributed by atoms with Crippen LogP contribution in [0.5, 0.6) is 6.01 Å². The standard InChI is InChI=1S/C16H16Cl3N3O3S/c1-10-5-15(14(19)6-13(10)18)26(23,24)22-4-2-3-12(9-22)25-16-20-7-11(17)8-21-16/h5-8,12H,2-4,9H2,1H3. The number of rotatable bonds is 4. The average molecular weight is 437 g/mol. The van der Waals surface area contributed by atoms with Gasteiger partial charge < -0.3 is 4.74 Å². The second kappa shape index (κ2) is 7.86. The molecule has 0 amide bonds. The number of aryl methyl sites for hydroxylation is 1. The van der Waals surface area contributed by atoms with Crippen LogP contribution in [0.4, 0.5) is 0 Å². The van der Waals surface area contributed by atoms with E-state index in [1.807, 2.05) is 0 Å². The molecule has 10 heteroatoms. The highest BCUT2D eigenvalue weighted by Crippen LogP contribution is 2.31. The van der Waals surface area contributed by atoms with Crippen LogP contribution >= 0.6 is 34.8 Å². The molecule has 2 aromatic rings. The predicted octanol–water partition coefficient (Wildman–Crippen LogP) is 3.98. The van der Waals surface area contributed by atoms with Crippen molar-refractivity contribution in [2.45, 2.75) is 30.8 Å². The number of piperidine rings is 1. The van der Waals surface area contributed by atoms with E-state index in [9.17, 15) is 8.42 Å². The molecule has 0 aliphatic carbocycles. The second-order valence-corrected chi connectivity index (χ2v) is 9.12. The third-order valence-corrected chi connectivity index (χ3v) is 6.97. The Morgan fingerprint density at radius 2 is 1.85 bits per heavy atom. The van der Waals surface area contributed by atoms with E-state index in [4.69, 9.17) is 39.5 Å². The summed E-state index contributed by atoms with van der Waals surface area (Å²) in [6.45, 7) is 2.31. The Labute approximate surface area is 167 Å². The molecule has 26 heavy (non-hydrogen) atoms. The molecule has 3 rings (SSSR count). The van der Waals surface area contributed by atoms with Gasteiger partial charge in [0, 0.05) is 11.6 Å². The number of sulfonamides is 1. The molecule has 1 aliphatic rings. The molecule has 6 nitrogen and oxygen atoms in total. The minimum atomic E-state index is -3.76. The van der Waals surface area contributed by atoms with Gasteiger partial charge in [-0.05, 0) is 37.5 Å². The van der Waals surface area contributed by atoms with Crippen LogP contribution in [0.3, 0.4) is 0 Å². The van der Waals surface area contributed by atoms with Crippen LogP contribution in [-0.4, -0.2) is 41.9 Å². The lowest BCUT2D eigenvalue weighted by Gasteiger charge is -2.31. The maximum Gasteiger partial charge on any atom is 0.316 e. The van der Waals surface area contributed by atoms with Crippen LogP contribution in [-0.2, 0) is 10.0 Å². The molecule has 1 aromatic carbocycles. The van der Waals surface area contributed by atoms with Crippen molar-refractivity contribution in [3.05, 3.63) is 45.2 Å². The largest absolute Gasteiger partial charge is 0.459 e. The van der Waals surface area contributed by atoms with E-state index >= 15 is 0 Å². The third-order valence-electron chi connectivity index (χ3n) is 4.04. The first-order valence-electron chi connectivity index (χ1n) is 7.87. The van der Waals surface area contributed by atoms with Gasteiger partial charge in [0.1, 0.15) is 11.0 Å². The van der Waals surface area contributed by atoms with Crippen molar-refractivity contribution >= 4 is 44.8 Å². The van der Waals surface area contributed by atoms with Gasteiger partial charge in [0.25, 0.3) is 0 Å². The Bertz CT molecular complexity index is 907. The summed E-state index contributed by atoms with van der Waals surface area (Å²) < 4.78 is 33.1. The van der Waals surface area contributed by atoms with E-state index in [1.54, 1.807) is 6.92 Å². The quantitative estimate of drug-likeness (QED) is 0.725. The molecular formula is C16H16Cl3N3O3S. The van der Waals surface area contributed by atoms with E-state index in [2.05, 4.69) is 9.97 Å². The molecule has 1 saturated heterocycles. The van der Waals surface area contributed by atoms with E-state index < -0.39 is 10.0 Å². The van der Waals surface area contributed by atoms with Crippen molar-refractivity contribution in [3.63, 3.8) is 0 Å². The van der Waals surface area contributed by atoms with Gasteiger partial charge in [-0.3, -0.25) is 0 Å². The van der Waals surface area contributed by atoms with Gasteiger partial charge in [-0.1, -0.05) is 34.8 Å². The van der Waals surface area contributed by atoms with Crippen LogP contribution in [0.1, 0.15) is 18.4 Å². The molecule has 0 saturated carbocycles. The Hall–Kier alpha value is -1.12. The van der Waals surface area contributed by atoms with Gasteiger partial charge in [-0.25, -0.2) is 18.4 Å². The fourth-order valence-corrected chi connectivity index (χ4v) is 5.11. The van der Waals surface area contributed by atoms with E-state index in [-0.39, 0.29) is 28.6 Å². The Kier molecular flexibility index (Phi) is 5.94. The second-order valence-electron chi connectivity index (χ2n) is 5.96. The average Bonchev–Trinajstić information content (AvgIpc) is 2.60. The number of ether oxygens (including phenoxy) is 1. The highest BCUT2D eigenvalue weighted by molar-refractivity contribution is 7.89. The SMILES string of the molecule is Cc1cc(S(=O)(=O)N2CCCC(Oc3ncc(Cl)cn3)C2)c(Cl)cc1Cl. The lowest BCUT2D eigenvalue weighted by Crippen LogP contribution is -2.44. The summed E-state index contributed by atoms with van der Waals surface area (Å²) >= 11 is 17.9. The maximum absolute atomic E-state index is 13.0. The summed E-state index contributed by atoms with van der Waals surface area (Å²) in [5.74, 6) is 0. The molecule has 0 spiro atoms. The first-order valence-corrected chi connectivity index (χ1v) is 10.4. The zero-order chi connectivity index (χ0) is 18.9. The lowest BCUT2D eigenvalue weighted by atomic mass is 10.1. The van der Waals surface area contributed by atoms with E-state index in [0.29, 0.717) is 35.0 Å². The summed E-state index contributed by atoms with van der Waals surface area (Å²) in [4.78, 5) is 8.01. The predicted molar refractivity (Wildman–Crippen MR) is 101 cm³/mol. The highest BCUT2D eigenvalue weighted by Gasteiger charge is 2.33. The summed E-state index contributed by atoms with van der Waals surface area (Å²) in [6, 6.07) is 3.11. The molecule has 2 heterocycles. The van der Waals surface area contributed by atoms with Gasteiger partial charge in [0.2, 0.25) is 10.0 Å². The number of benzene rings is 1. The molecule has 140 valence electrons.